The second kappa shape index (κ2) is 7.78. The molecule has 1 heterocycles. The molecule has 0 amide bonds. The van der Waals surface area contributed by atoms with Crippen LogP contribution in [0.1, 0.15) is 17.9 Å². The molecule has 0 spiro atoms. The molecule has 0 aliphatic carbocycles. The molecule has 108 valence electrons. The Bertz CT molecular complexity index is 516. The third-order valence-corrected chi connectivity index (χ3v) is 4.49. The van der Waals surface area contributed by atoms with Crippen LogP contribution in [0.3, 0.4) is 0 Å². The van der Waals surface area contributed by atoms with Crippen molar-refractivity contribution in [2.75, 3.05) is 13.2 Å². The molecule has 2 aromatic rings. The smallest absolute Gasteiger partial charge is 0.119 e. The summed E-state index contributed by atoms with van der Waals surface area (Å²) in [6, 6.07) is 11.7. The van der Waals surface area contributed by atoms with E-state index >= 15 is 0 Å². The van der Waals surface area contributed by atoms with Gasteiger partial charge in [0.25, 0.3) is 0 Å². The first kappa shape index (κ1) is 15.5. The molecular formula is C15H18BrNO2S. The highest BCUT2D eigenvalue weighted by Gasteiger charge is 2.18. The number of hydrogen-bond acceptors (Lipinski definition) is 4. The first-order valence-electron chi connectivity index (χ1n) is 6.46. The van der Waals surface area contributed by atoms with E-state index in [1.807, 2.05) is 42.6 Å². The van der Waals surface area contributed by atoms with Crippen molar-refractivity contribution in [3.05, 3.63) is 51.1 Å². The molecule has 0 saturated heterocycles. The fraction of sp³-hybridized carbons (Fsp3) is 0.333. The maximum absolute atomic E-state index is 6.00. The van der Waals surface area contributed by atoms with Crippen LogP contribution in [0.5, 0.6) is 5.75 Å². The summed E-state index contributed by atoms with van der Waals surface area (Å²) in [5, 5.41) is 2.04. The molecule has 2 unspecified atom stereocenters. The van der Waals surface area contributed by atoms with Crippen LogP contribution in [-0.2, 0) is 4.74 Å². The number of benzene rings is 1. The zero-order chi connectivity index (χ0) is 14.4. The molecule has 0 saturated carbocycles. The SMILES string of the molecule is CC(N)C(OCCOc1ccccc1)c1cc(Br)cs1. The van der Waals surface area contributed by atoms with E-state index < -0.39 is 0 Å². The maximum Gasteiger partial charge on any atom is 0.119 e. The summed E-state index contributed by atoms with van der Waals surface area (Å²) in [4.78, 5) is 1.13. The van der Waals surface area contributed by atoms with E-state index in [0.29, 0.717) is 13.2 Å². The summed E-state index contributed by atoms with van der Waals surface area (Å²) >= 11 is 5.10. The van der Waals surface area contributed by atoms with Gasteiger partial charge in [0.05, 0.1) is 6.61 Å². The van der Waals surface area contributed by atoms with E-state index in [1.165, 1.54) is 0 Å². The van der Waals surface area contributed by atoms with Gasteiger partial charge < -0.3 is 15.2 Å². The average molecular weight is 356 g/mol. The van der Waals surface area contributed by atoms with Crippen LogP contribution in [0, 0.1) is 0 Å². The lowest BCUT2D eigenvalue weighted by molar-refractivity contribution is 0.0229. The maximum atomic E-state index is 6.00. The van der Waals surface area contributed by atoms with Crippen LogP contribution in [0.25, 0.3) is 0 Å². The highest BCUT2D eigenvalue weighted by molar-refractivity contribution is 9.10. The minimum atomic E-state index is -0.0920. The van der Waals surface area contributed by atoms with E-state index in [1.54, 1.807) is 11.3 Å². The molecule has 2 atom stereocenters. The fourth-order valence-electron chi connectivity index (χ4n) is 1.82. The number of nitrogens with two attached hydrogens (primary N) is 1. The summed E-state index contributed by atoms with van der Waals surface area (Å²) in [6.45, 7) is 2.98. The van der Waals surface area contributed by atoms with E-state index in [9.17, 15) is 0 Å². The number of hydrogen-bond donors (Lipinski definition) is 1. The van der Waals surface area contributed by atoms with Gasteiger partial charge in [-0.3, -0.25) is 0 Å². The van der Waals surface area contributed by atoms with Crippen molar-refractivity contribution in [1.29, 1.82) is 0 Å². The minimum Gasteiger partial charge on any atom is -0.491 e. The first-order chi connectivity index (χ1) is 9.66. The number of ether oxygens (including phenoxy) is 2. The lowest BCUT2D eigenvalue weighted by Crippen LogP contribution is -2.27. The zero-order valence-corrected chi connectivity index (χ0v) is 13.7. The average Bonchev–Trinajstić information content (AvgIpc) is 2.85. The predicted molar refractivity (Wildman–Crippen MR) is 86.3 cm³/mol. The van der Waals surface area contributed by atoms with Gasteiger partial charge in [-0.05, 0) is 41.1 Å². The van der Waals surface area contributed by atoms with E-state index in [4.69, 9.17) is 15.2 Å². The Kier molecular flexibility index (Phi) is 6.04. The van der Waals surface area contributed by atoms with Gasteiger partial charge in [0.2, 0.25) is 0 Å². The van der Waals surface area contributed by atoms with Crippen LogP contribution in [0.4, 0.5) is 0 Å². The second-order valence-electron chi connectivity index (χ2n) is 4.48. The van der Waals surface area contributed by atoms with Crippen molar-refractivity contribution < 1.29 is 9.47 Å². The second-order valence-corrected chi connectivity index (χ2v) is 6.34. The molecule has 2 N–H and O–H groups in total. The quantitative estimate of drug-likeness (QED) is 0.763. The molecule has 1 aromatic heterocycles. The normalized spacial score (nSPS) is 13.9. The first-order valence-corrected chi connectivity index (χ1v) is 8.13. The highest BCUT2D eigenvalue weighted by Crippen LogP contribution is 2.29. The number of para-hydroxylation sites is 1. The Labute approximate surface area is 131 Å². The molecule has 20 heavy (non-hydrogen) atoms. The van der Waals surface area contributed by atoms with Crippen LogP contribution in [0.2, 0.25) is 0 Å². The van der Waals surface area contributed by atoms with Crippen LogP contribution >= 0.6 is 27.3 Å². The molecule has 0 aliphatic rings. The number of rotatable bonds is 7. The van der Waals surface area contributed by atoms with Crippen molar-refractivity contribution in [3.63, 3.8) is 0 Å². The number of halogens is 1. The monoisotopic (exact) mass is 355 g/mol. The molecule has 3 nitrogen and oxygen atoms in total. The van der Waals surface area contributed by atoms with Gasteiger partial charge >= 0.3 is 0 Å². The Morgan fingerprint density at radius 2 is 2.00 bits per heavy atom. The van der Waals surface area contributed by atoms with Gasteiger partial charge in [0.1, 0.15) is 18.5 Å². The summed E-state index contributed by atoms with van der Waals surface area (Å²) in [5.74, 6) is 0.854. The third kappa shape index (κ3) is 4.59. The van der Waals surface area contributed by atoms with Gasteiger partial charge in [-0.15, -0.1) is 11.3 Å². The molecule has 2 rings (SSSR count). The summed E-state index contributed by atoms with van der Waals surface area (Å²) in [6.07, 6.45) is -0.0920. The van der Waals surface area contributed by atoms with Crippen LogP contribution in [0.15, 0.2) is 46.3 Å². The van der Waals surface area contributed by atoms with Crippen molar-refractivity contribution in [2.45, 2.75) is 19.1 Å². The van der Waals surface area contributed by atoms with Crippen molar-refractivity contribution in [1.82, 2.24) is 0 Å². The molecule has 1 aromatic carbocycles. The minimum absolute atomic E-state index is 0.0581. The topological polar surface area (TPSA) is 44.5 Å². The van der Waals surface area contributed by atoms with E-state index in [-0.39, 0.29) is 12.1 Å². The Morgan fingerprint density at radius 3 is 2.60 bits per heavy atom. The molecule has 0 radical (unpaired) electrons. The zero-order valence-electron chi connectivity index (χ0n) is 11.3. The largest absolute Gasteiger partial charge is 0.491 e. The van der Waals surface area contributed by atoms with Crippen LogP contribution in [-0.4, -0.2) is 19.3 Å². The van der Waals surface area contributed by atoms with Crippen molar-refractivity contribution >= 4 is 27.3 Å². The van der Waals surface area contributed by atoms with Gasteiger partial charge in [-0.25, -0.2) is 0 Å². The highest BCUT2D eigenvalue weighted by atomic mass is 79.9. The Hall–Kier alpha value is -0.880. The Morgan fingerprint density at radius 1 is 1.25 bits per heavy atom. The standard InChI is InChI=1S/C15H18BrNO2S/c1-11(17)15(14-9-12(16)10-20-14)19-8-7-18-13-5-3-2-4-6-13/h2-6,9-11,15H,7-8,17H2,1H3. The fourth-order valence-corrected chi connectivity index (χ4v) is 3.43. The predicted octanol–water partition coefficient (Wildman–Crippen LogP) is 3.99. The van der Waals surface area contributed by atoms with Crippen molar-refractivity contribution in [3.8, 4) is 5.75 Å². The summed E-state index contributed by atoms with van der Waals surface area (Å²) < 4.78 is 12.5. The van der Waals surface area contributed by atoms with Gasteiger partial charge in [0, 0.05) is 20.8 Å². The molecule has 0 aliphatic heterocycles. The summed E-state index contributed by atoms with van der Waals surface area (Å²) in [5.41, 5.74) is 6.00. The van der Waals surface area contributed by atoms with Crippen LogP contribution < -0.4 is 10.5 Å². The lowest BCUT2D eigenvalue weighted by atomic mass is 10.1. The molecule has 0 bridgehead atoms. The summed E-state index contributed by atoms with van der Waals surface area (Å²) in [7, 11) is 0. The van der Waals surface area contributed by atoms with Gasteiger partial charge in [-0.2, -0.15) is 0 Å². The van der Waals surface area contributed by atoms with Crippen molar-refractivity contribution in [2.24, 2.45) is 5.73 Å². The lowest BCUT2D eigenvalue weighted by Gasteiger charge is -2.20. The van der Waals surface area contributed by atoms with E-state index in [0.717, 1.165) is 15.1 Å². The molecular weight excluding hydrogens is 338 g/mol. The van der Waals surface area contributed by atoms with E-state index in [2.05, 4.69) is 22.0 Å². The third-order valence-electron chi connectivity index (χ3n) is 2.74. The van der Waals surface area contributed by atoms with Gasteiger partial charge in [0.15, 0.2) is 0 Å². The number of thiophene rings is 1. The Balaban J connectivity index is 1.81. The molecule has 5 heteroatoms. The van der Waals surface area contributed by atoms with Gasteiger partial charge in [-0.1, -0.05) is 18.2 Å². The molecule has 0 fully saturated rings.